The fourth-order valence-corrected chi connectivity index (χ4v) is 2.15. The Bertz CT molecular complexity index is 199. The van der Waals surface area contributed by atoms with Crippen LogP contribution in [0.15, 0.2) is 11.9 Å². The molecule has 0 aliphatic carbocycles. The molecule has 0 atom stereocenters. The zero-order valence-corrected chi connectivity index (χ0v) is 10.6. The van der Waals surface area contributed by atoms with Crippen molar-refractivity contribution in [2.45, 2.75) is 52.4 Å². The van der Waals surface area contributed by atoms with E-state index in [9.17, 15) is 0 Å². The molecule has 1 heterocycles. The van der Waals surface area contributed by atoms with Gasteiger partial charge in [-0.25, -0.2) is 0 Å². The Balaban J connectivity index is 1.99. The van der Waals surface area contributed by atoms with E-state index in [2.05, 4.69) is 36.9 Å². The molecule has 0 radical (unpaired) electrons. The number of unbranched alkanes of at least 4 members (excludes halogenated alkanes) is 5. The molecule has 0 aromatic carbocycles. The first-order chi connectivity index (χ1) is 7.24. The minimum absolute atomic E-state index is 1.08. The second kappa shape index (κ2) is 6.76. The van der Waals surface area contributed by atoms with E-state index >= 15 is 0 Å². The highest BCUT2D eigenvalue weighted by Crippen LogP contribution is 2.15. The van der Waals surface area contributed by atoms with E-state index in [4.69, 9.17) is 0 Å². The lowest BCUT2D eigenvalue weighted by molar-refractivity contribution is 0.277. The largest absolute Gasteiger partial charge is 0.361 e. The van der Waals surface area contributed by atoms with Gasteiger partial charge in [0.15, 0.2) is 0 Å². The summed E-state index contributed by atoms with van der Waals surface area (Å²) in [4.78, 5) is 4.73. The SMILES string of the molecule is CCCCCCCCN1CN(C)C=C1C. The summed E-state index contributed by atoms with van der Waals surface area (Å²) in [6.45, 7) is 6.80. The van der Waals surface area contributed by atoms with Crippen molar-refractivity contribution in [1.29, 1.82) is 0 Å². The van der Waals surface area contributed by atoms with Crippen molar-refractivity contribution in [3.05, 3.63) is 11.9 Å². The van der Waals surface area contributed by atoms with E-state index in [1.807, 2.05) is 0 Å². The fourth-order valence-electron chi connectivity index (χ4n) is 2.15. The highest BCUT2D eigenvalue weighted by Gasteiger charge is 2.13. The van der Waals surface area contributed by atoms with Crippen LogP contribution in [0.1, 0.15) is 52.4 Å². The molecule has 0 fully saturated rings. The van der Waals surface area contributed by atoms with Gasteiger partial charge in [-0.1, -0.05) is 39.0 Å². The van der Waals surface area contributed by atoms with E-state index in [0.717, 1.165) is 6.67 Å². The van der Waals surface area contributed by atoms with Crippen LogP contribution in [0.4, 0.5) is 0 Å². The molecule has 0 amide bonds. The van der Waals surface area contributed by atoms with Crippen LogP contribution in [0, 0.1) is 0 Å². The molecule has 1 aliphatic heterocycles. The molecule has 0 unspecified atom stereocenters. The highest BCUT2D eigenvalue weighted by molar-refractivity contribution is 5.01. The zero-order valence-electron chi connectivity index (χ0n) is 10.6. The summed E-state index contributed by atoms with van der Waals surface area (Å²) in [6, 6.07) is 0. The second-order valence-corrected chi connectivity index (χ2v) is 4.70. The normalized spacial score (nSPS) is 16.1. The minimum Gasteiger partial charge on any atom is -0.361 e. The zero-order chi connectivity index (χ0) is 11.1. The van der Waals surface area contributed by atoms with Crippen molar-refractivity contribution in [3.63, 3.8) is 0 Å². The Hall–Kier alpha value is -0.660. The summed E-state index contributed by atoms with van der Waals surface area (Å²) in [5.74, 6) is 0. The molecule has 2 heteroatoms. The topological polar surface area (TPSA) is 6.48 Å². The maximum absolute atomic E-state index is 2.47. The lowest BCUT2D eigenvalue weighted by Crippen LogP contribution is -2.25. The second-order valence-electron chi connectivity index (χ2n) is 4.70. The minimum atomic E-state index is 1.08. The molecule has 0 N–H and O–H groups in total. The predicted molar refractivity (Wildman–Crippen MR) is 66.5 cm³/mol. The van der Waals surface area contributed by atoms with Gasteiger partial charge in [0.25, 0.3) is 0 Å². The first-order valence-electron chi connectivity index (χ1n) is 6.37. The van der Waals surface area contributed by atoms with Crippen molar-refractivity contribution in [2.24, 2.45) is 0 Å². The maximum atomic E-state index is 2.47. The first kappa shape index (κ1) is 12.4. The summed E-state index contributed by atoms with van der Waals surface area (Å²) in [5, 5.41) is 0. The molecular weight excluding hydrogens is 184 g/mol. The van der Waals surface area contributed by atoms with Crippen LogP contribution in [0.5, 0.6) is 0 Å². The number of allylic oxidation sites excluding steroid dienone is 1. The predicted octanol–water partition coefficient (Wildman–Crippen LogP) is 3.41. The van der Waals surface area contributed by atoms with Gasteiger partial charge in [0.1, 0.15) is 0 Å². The number of hydrogen-bond donors (Lipinski definition) is 0. The summed E-state index contributed by atoms with van der Waals surface area (Å²) < 4.78 is 0. The molecule has 88 valence electrons. The molecule has 0 saturated carbocycles. The Morgan fingerprint density at radius 2 is 1.80 bits per heavy atom. The van der Waals surface area contributed by atoms with Crippen LogP contribution >= 0.6 is 0 Å². The summed E-state index contributed by atoms with van der Waals surface area (Å²) in [6.07, 6.45) is 10.6. The van der Waals surface area contributed by atoms with Gasteiger partial charge < -0.3 is 9.80 Å². The van der Waals surface area contributed by atoms with Crippen molar-refractivity contribution in [2.75, 3.05) is 20.3 Å². The van der Waals surface area contributed by atoms with Gasteiger partial charge in [-0.3, -0.25) is 0 Å². The number of nitrogens with zero attached hydrogens (tertiary/aromatic N) is 2. The van der Waals surface area contributed by atoms with E-state index in [1.165, 1.54) is 50.8 Å². The van der Waals surface area contributed by atoms with Crippen molar-refractivity contribution < 1.29 is 0 Å². The molecule has 0 bridgehead atoms. The van der Waals surface area contributed by atoms with E-state index < -0.39 is 0 Å². The monoisotopic (exact) mass is 210 g/mol. The van der Waals surface area contributed by atoms with Gasteiger partial charge in [-0.05, 0) is 13.3 Å². The van der Waals surface area contributed by atoms with Gasteiger partial charge in [0, 0.05) is 25.5 Å². The van der Waals surface area contributed by atoms with Gasteiger partial charge in [-0.2, -0.15) is 0 Å². The Kier molecular flexibility index (Phi) is 5.59. The molecule has 15 heavy (non-hydrogen) atoms. The van der Waals surface area contributed by atoms with Crippen molar-refractivity contribution in [3.8, 4) is 0 Å². The summed E-state index contributed by atoms with van der Waals surface area (Å²) in [7, 11) is 2.14. The molecule has 0 aromatic rings. The molecular formula is C13H26N2. The van der Waals surface area contributed by atoms with Crippen LogP contribution < -0.4 is 0 Å². The van der Waals surface area contributed by atoms with Crippen LogP contribution in [-0.4, -0.2) is 30.1 Å². The standard InChI is InChI=1S/C13H26N2/c1-4-5-6-7-8-9-10-15-12-14(3)11-13(15)2/h11H,4-10,12H2,1-3H3. The third-order valence-corrected chi connectivity index (χ3v) is 3.08. The van der Waals surface area contributed by atoms with E-state index in [1.54, 1.807) is 0 Å². The molecule has 1 rings (SSSR count). The van der Waals surface area contributed by atoms with Crippen LogP contribution in [0.3, 0.4) is 0 Å². The summed E-state index contributed by atoms with van der Waals surface area (Å²) >= 11 is 0. The number of rotatable bonds is 7. The van der Waals surface area contributed by atoms with Crippen LogP contribution in [-0.2, 0) is 0 Å². The van der Waals surface area contributed by atoms with Gasteiger partial charge in [0.2, 0.25) is 0 Å². The molecule has 0 saturated heterocycles. The fraction of sp³-hybridized carbons (Fsp3) is 0.846. The first-order valence-corrected chi connectivity index (χ1v) is 6.37. The molecule has 2 nitrogen and oxygen atoms in total. The maximum Gasteiger partial charge on any atom is 0.0893 e. The Morgan fingerprint density at radius 3 is 2.40 bits per heavy atom. The van der Waals surface area contributed by atoms with Crippen molar-refractivity contribution in [1.82, 2.24) is 9.80 Å². The lowest BCUT2D eigenvalue weighted by Gasteiger charge is -2.20. The Morgan fingerprint density at radius 1 is 1.13 bits per heavy atom. The average molecular weight is 210 g/mol. The molecule has 0 spiro atoms. The summed E-state index contributed by atoms with van der Waals surface area (Å²) in [5.41, 5.74) is 1.42. The van der Waals surface area contributed by atoms with Gasteiger partial charge in [0.05, 0.1) is 6.67 Å². The highest BCUT2D eigenvalue weighted by atomic mass is 15.3. The van der Waals surface area contributed by atoms with Crippen molar-refractivity contribution >= 4 is 0 Å². The van der Waals surface area contributed by atoms with E-state index in [0.29, 0.717) is 0 Å². The van der Waals surface area contributed by atoms with Gasteiger partial charge in [-0.15, -0.1) is 0 Å². The molecule has 1 aliphatic rings. The van der Waals surface area contributed by atoms with Crippen LogP contribution in [0.2, 0.25) is 0 Å². The van der Waals surface area contributed by atoms with E-state index in [-0.39, 0.29) is 0 Å². The third-order valence-electron chi connectivity index (χ3n) is 3.08. The quantitative estimate of drug-likeness (QED) is 0.594. The molecule has 0 aromatic heterocycles. The average Bonchev–Trinajstić information content (AvgIpc) is 2.51. The lowest BCUT2D eigenvalue weighted by atomic mass is 10.1. The van der Waals surface area contributed by atoms with Crippen LogP contribution in [0.25, 0.3) is 0 Å². The van der Waals surface area contributed by atoms with Gasteiger partial charge >= 0.3 is 0 Å². The number of hydrogen-bond acceptors (Lipinski definition) is 2. The third kappa shape index (κ3) is 4.59. The smallest absolute Gasteiger partial charge is 0.0893 e. The Labute approximate surface area is 94.9 Å².